The number of fused-ring (bicyclic) bond motifs is 1. The minimum absolute atomic E-state index is 0.0755. The van der Waals surface area contributed by atoms with Crippen LogP contribution in [-0.4, -0.2) is 27.7 Å². The number of nitrogens with zero attached hydrogens (tertiary/aromatic N) is 3. The van der Waals surface area contributed by atoms with Gasteiger partial charge in [0.1, 0.15) is 29.4 Å². The van der Waals surface area contributed by atoms with Gasteiger partial charge in [0.15, 0.2) is 0 Å². The highest BCUT2D eigenvalue weighted by molar-refractivity contribution is 6.08. The van der Waals surface area contributed by atoms with E-state index in [1.54, 1.807) is 24.1 Å². The number of methoxy groups -OCH3 is 1. The van der Waals surface area contributed by atoms with Crippen molar-refractivity contribution in [3.63, 3.8) is 0 Å². The van der Waals surface area contributed by atoms with Crippen LogP contribution in [0.5, 0.6) is 11.5 Å². The van der Waals surface area contributed by atoms with Crippen molar-refractivity contribution in [2.75, 3.05) is 17.7 Å². The Morgan fingerprint density at radius 1 is 0.851 bits per heavy atom. The van der Waals surface area contributed by atoms with E-state index >= 15 is 0 Å². The van der Waals surface area contributed by atoms with Crippen molar-refractivity contribution in [1.29, 1.82) is 0 Å². The van der Waals surface area contributed by atoms with Gasteiger partial charge in [0.2, 0.25) is 0 Å². The van der Waals surface area contributed by atoms with Crippen LogP contribution >= 0.6 is 0 Å². The number of hydrogen-bond acceptors (Lipinski definition) is 6. The number of carbonyl (C=O) groups excluding carboxylic acids is 1. The average Bonchev–Trinajstić information content (AvgIpc) is 3.08. The van der Waals surface area contributed by atoms with Crippen LogP contribution in [0.4, 0.5) is 16.2 Å². The Balaban J connectivity index is 1.58. The van der Waals surface area contributed by atoms with E-state index in [1.165, 1.54) is 0 Å². The molecule has 0 atom stereocenters. The molecule has 0 aliphatic carbocycles. The molecule has 3 heterocycles. The molecular weight excluding hydrogens is 590 g/mol. The van der Waals surface area contributed by atoms with Gasteiger partial charge in [0.25, 0.3) is 5.56 Å². The first-order valence-corrected chi connectivity index (χ1v) is 16.2. The fraction of sp³-hybridized carbons (Fsp3) is 0.316. The number of pyridine rings is 3. The summed E-state index contributed by atoms with van der Waals surface area (Å²) in [6.45, 7) is 11.2. The first-order chi connectivity index (χ1) is 22.7. The summed E-state index contributed by atoms with van der Waals surface area (Å²) in [6.07, 6.45) is 5.12. The van der Waals surface area contributed by atoms with Gasteiger partial charge in [0, 0.05) is 35.6 Å². The van der Waals surface area contributed by atoms with Gasteiger partial charge in [-0.25, -0.2) is 9.78 Å². The topological polar surface area (TPSA) is 107 Å². The van der Waals surface area contributed by atoms with Crippen LogP contribution in [0.25, 0.3) is 22.2 Å². The maximum absolute atomic E-state index is 14.2. The third-order valence-corrected chi connectivity index (χ3v) is 8.12. The van der Waals surface area contributed by atoms with E-state index in [-0.39, 0.29) is 23.1 Å². The molecule has 0 radical (unpaired) electrons. The van der Waals surface area contributed by atoms with Gasteiger partial charge < -0.3 is 20.1 Å². The van der Waals surface area contributed by atoms with Gasteiger partial charge >= 0.3 is 6.03 Å². The molecule has 0 spiro atoms. The maximum atomic E-state index is 14.2. The highest BCUT2D eigenvalue weighted by Gasteiger charge is 2.23. The van der Waals surface area contributed by atoms with Crippen molar-refractivity contribution in [2.24, 2.45) is 0 Å². The predicted molar refractivity (Wildman–Crippen MR) is 189 cm³/mol. The summed E-state index contributed by atoms with van der Waals surface area (Å²) in [7, 11) is 1.60. The molecule has 0 fully saturated rings. The van der Waals surface area contributed by atoms with E-state index in [2.05, 4.69) is 55.2 Å². The largest absolute Gasteiger partial charge is 0.497 e. The van der Waals surface area contributed by atoms with E-state index in [1.807, 2.05) is 66.7 Å². The van der Waals surface area contributed by atoms with Crippen molar-refractivity contribution in [1.82, 2.24) is 14.5 Å². The number of ether oxygens (including phenoxy) is 2. The Hall–Kier alpha value is -5.18. The number of unbranched alkanes of at least 4 members (excludes halogenated alkanes) is 1. The second-order valence-corrected chi connectivity index (χ2v) is 12.1. The lowest BCUT2D eigenvalue weighted by molar-refractivity contribution is 0.262. The Bertz CT molecular complexity index is 1890. The minimum atomic E-state index is -0.512. The molecule has 9 heteroatoms. The van der Waals surface area contributed by atoms with Crippen molar-refractivity contribution >= 4 is 28.4 Å². The van der Waals surface area contributed by atoms with Crippen molar-refractivity contribution in [3.05, 3.63) is 106 Å². The summed E-state index contributed by atoms with van der Waals surface area (Å²) in [5.41, 5.74) is 5.15. The SMILES string of the molecule is CCCCn1c(=O)c(NC(=O)Nc2c(C(C)C)cc(OCc3ccccn3)cc2C(C)C)c(-c2cccc(OC)c2)c2cccnc21. The minimum Gasteiger partial charge on any atom is -0.497 e. The molecule has 0 unspecified atom stereocenters. The number of anilines is 2. The zero-order valence-electron chi connectivity index (χ0n) is 28.0. The van der Waals surface area contributed by atoms with Crippen LogP contribution in [0.1, 0.15) is 76.1 Å². The quantitative estimate of drug-likeness (QED) is 0.142. The van der Waals surface area contributed by atoms with Crippen LogP contribution in [0, 0.1) is 0 Å². The molecule has 244 valence electrons. The maximum Gasteiger partial charge on any atom is 0.323 e. The van der Waals surface area contributed by atoms with Crippen molar-refractivity contribution in [3.8, 4) is 22.6 Å². The molecule has 0 bridgehead atoms. The van der Waals surface area contributed by atoms with Crippen LogP contribution in [0.2, 0.25) is 0 Å². The number of urea groups is 1. The van der Waals surface area contributed by atoms with Crippen LogP contribution in [-0.2, 0) is 13.2 Å². The predicted octanol–water partition coefficient (Wildman–Crippen LogP) is 8.74. The Labute approximate surface area is 276 Å². The number of hydrogen-bond donors (Lipinski definition) is 2. The lowest BCUT2D eigenvalue weighted by Crippen LogP contribution is -2.30. The molecule has 0 aliphatic rings. The smallest absolute Gasteiger partial charge is 0.323 e. The Morgan fingerprint density at radius 3 is 2.23 bits per heavy atom. The summed E-state index contributed by atoms with van der Waals surface area (Å²) >= 11 is 0. The van der Waals surface area contributed by atoms with Crippen molar-refractivity contribution in [2.45, 2.75) is 72.4 Å². The number of nitrogens with one attached hydrogen (secondary N) is 2. The third-order valence-electron chi connectivity index (χ3n) is 8.12. The fourth-order valence-corrected chi connectivity index (χ4v) is 5.69. The number of amides is 2. The highest BCUT2D eigenvalue weighted by Crippen LogP contribution is 2.38. The van der Waals surface area contributed by atoms with E-state index in [0.29, 0.717) is 41.5 Å². The lowest BCUT2D eigenvalue weighted by Gasteiger charge is -2.23. The standard InChI is InChI=1S/C38H43N5O4/c1-7-8-19-43-36-30(16-12-18-40-36)33(26-13-11-15-28(20-26)46-6)35(37(43)44)42-38(45)41-34-31(24(2)3)21-29(22-32(34)25(4)5)47-23-27-14-9-10-17-39-27/h9-18,20-22,24-25H,7-8,19,23H2,1-6H3,(H2,41,42,45). The highest BCUT2D eigenvalue weighted by atomic mass is 16.5. The molecule has 47 heavy (non-hydrogen) atoms. The second kappa shape index (κ2) is 14.9. The van der Waals surface area contributed by atoms with Gasteiger partial charge in [-0.3, -0.25) is 14.3 Å². The Morgan fingerprint density at radius 2 is 1.57 bits per heavy atom. The molecule has 0 saturated carbocycles. The second-order valence-electron chi connectivity index (χ2n) is 12.1. The summed E-state index contributed by atoms with van der Waals surface area (Å²) in [4.78, 5) is 37.2. The number of carbonyl (C=O) groups is 1. The summed E-state index contributed by atoms with van der Waals surface area (Å²) < 4.78 is 13.3. The molecule has 3 aromatic heterocycles. The molecule has 5 rings (SSSR count). The van der Waals surface area contributed by atoms with E-state index in [9.17, 15) is 9.59 Å². The third kappa shape index (κ3) is 7.46. The van der Waals surface area contributed by atoms with Gasteiger partial charge in [0.05, 0.1) is 12.8 Å². The van der Waals surface area contributed by atoms with Gasteiger partial charge in [-0.2, -0.15) is 0 Å². The van der Waals surface area contributed by atoms with Crippen LogP contribution in [0.3, 0.4) is 0 Å². The molecule has 0 aliphatic heterocycles. The zero-order valence-corrected chi connectivity index (χ0v) is 28.0. The number of aryl methyl sites for hydroxylation is 1. The first-order valence-electron chi connectivity index (χ1n) is 16.2. The molecule has 0 saturated heterocycles. The summed E-state index contributed by atoms with van der Waals surface area (Å²) in [5, 5.41) is 6.85. The monoisotopic (exact) mass is 633 g/mol. The summed E-state index contributed by atoms with van der Waals surface area (Å²) in [6, 6.07) is 20.4. The zero-order chi connectivity index (χ0) is 33.5. The van der Waals surface area contributed by atoms with Crippen molar-refractivity contribution < 1.29 is 14.3 Å². The molecule has 5 aromatic rings. The van der Waals surface area contributed by atoms with Gasteiger partial charge in [-0.1, -0.05) is 59.2 Å². The number of benzene rings is 2. The van der Waals surface area contributed by atoms with Gasteiger partial charge in [-0.05, 0) is 83.5 Å². The van der Waals surface area contributed by atoms with E-state index < -0.39 is 6.03 Å². The molecule has 2 amide bonds. The normalized spacial score (nSPS) is 11.2. The fourth-order valence-electron chi connectivity index (χ4n) is 5.69. The van der Waals surface area contributed by atoms with Crippen LogP contribution in [0.15, 0.2) is 83.9 Å². The molecule has 9 nitrogen and oxygen atoms in total. The first kappa shape index (κ1) is 33.2. The van der Waals surface area contributed by atoms with E-state index in [0.717, 1.165) is 40.6 Å². The average molecular weight is 634 g/mol. The molecular formula is C38H43N5O4. The molecule has 2 N–H and O–H groups in total. The van der Waals surface area contributed by atoms with E-state index in [4.69, 9.17) is 9.47 Å². The number of aromatic nitrogens is 3. The number of rotatable bonds is 12. The molecule has 2 aromatic carbocycles. The van der Waals surface area contributed by atoms with Gasteiger partial charge in [-0.15, -0.1) is 0 Å². The Kier molecular flexibility index (Phi) is 10.6. The van der Waals surface area contributed by atoms with Crippen LogP contribution < -0.4 is 25.7 Å². The lowest BCUT2D eigenvalue weighted by atomic mass is 9.92. The summed E-state index contributed by atoms with van der Waals surface area (Å²) in [5.74, 6) is 1.49.